The molecule has 0 saturated heterocycles. The highest BCUT2D eigenvalue weighted by atomic mass is 19.4. The molecule has 0 radical (unpaired) electrons. The molecule has 0 aliphatic carbocycles. The smallest absolute Gasteiger partial charge is 0.493 e. The second-order valence-corrected chi connectivity index (χ2v) is 3.84. The van der Waals surface area contributed by atoms with E-state index < -0.39 is 12.1 Å². The first-order valence-electron chi connectivity index (χ1n) is 5.94. The zero-order valence-corrected chi connectivity index (χ0v) is 11.1. The van der Waals surface area contributed by atoms with E-state index in [1.807, 2.05) is 0 Å². The Morgan fingerprint density at radius 3 is 2.50 bits per heavy atom. The molecule has 0 atom stereocenters. The van der Waals surface area contributed by atoms with Gasteiger partial charge in [0.25, 0.3) is 0 Å². The van der Waals surface area contributed by atoms with E-state index in [-0.39, 0.29) is 18.1 Å². The maximum atomic E-state index is 12.2. The summed E-state index contributed by atoms with van der Waals surface area (Å²) >= 11 is 0. The summed E-state index contributed by atoms with van der Waals surface area (Å²) in [7, 11) is 1.24. The van der Waals surface area contributed by atoms with E-state index >= 15 is 0 Å². The molecule has 1 aromatic carbocycles. The molecule has 1 rings (SSSR count). The molecule has 0 unspecified atom stereocenters. The first kappa shape index (κ1) is 16.1. The maximum Gasteiger partial charge on any atom is 0.573 e. The minimum Gasteiger partial charge on any atom is -0.493 e. The molecule has 0 heterocycles. The van der Waals surface area contributed by atoms with Crippen LogP contribution in [0.3, 0.4) is 0 Å². The Morgan fingerprint density at radius 1 is 1.25 bits per heavy atom. The fraction of sp³-hybridized carbons (Fsp3) is 0.462. The van der Waals surface area contributed by atoms with Crippen molar-refractivity contribution >= 4 is 5.97 Å². The van der Waals surface area contributed by atoms with Gasteiger partial charge >= 0.3 is 12.3 Å². The van der Waals surface area contributed by atoms with Crippen molar-refractivity contribution in [3.8, 4) is 11.5 Å². The molecular formula is C13H15F3O4. The molecule has 0 fully saturated rings. The summed E-state index contributed by atoms with van der Waals surface area (Å²) in [5.74, 6) is -0.814. The second kappa shape index (κ2) is 7.02. The number of carbonyl (C=O) groups is 1. The SMILES string of the molecule is CCOC(=O)CCc1ccc(OC(F)(F)F)c(OC)c1. The van der Waals surface area contributed by atoms with Gasteiger partial charge in [-0.25, -0.2) is 0 Å². The maximum absolute atomic E-state index is 12.2. The van der Waals surface area contributed by atoms with Crippen LogP contribution in [0.4, 0.5) is 13.2 Å². The van der Waals surface area contributed by atoms with Crippen molar-refractivity contribution in [2.75, 3.05) is 13.7 Å². The zero-order valence-electron chi connectivity index (χ0n) is 11.1. The van der Waals surface area contributed by atoms with E-state index in [0.29, 0.717) is 18.6 Å². The molecule has 7 heteroatoms. The number of alkyl halides is 3. The third kappa shape index (κ3) is 5.38. The highest BCUT2D eigenvalue weighted by Crippen LogP contribution is 2.33. The van der Waals surface area contributed by atoms with Crippen LogP contribution >= 0.6 is 0 Å². The van der Waals surface area contributed by atoms with Crippen LogP contribution in [0.15, 0.2) is 18.2 Å². The van der Waals surface area contributed by atoms with Crippen molar-refractivity contribution in [3.05, 3.63) is 23.8 Å². The zero-order chi connectivity index (χ0) is 15.2. The van der Waals surface area contributed by atoms with Crippen LogP contribution in [0.25, 0.3) is 0 Å². The average Bonchev–Trinajstić information content (AvgIpc) is 2.36. The average molecular weight is 292 g/mol. The van der Waals surface area contributed by atoms with Crippen LogP contribution in [0, 0.1) is 0 Å². The minimum absolute atomic E-state index is 0.0383. The normalized spacial score (nSPS) is 11.1. The molecule has 0 aromatic heterocycles. The molecule has 0 aliphatic rings. The number of rotatable bonds is 6. The molecule has 0 spiro atoms. The quantitative estimate of drug-likeness (QED) is 0.756. The fourth-order valence-electron chi connectivity index (χ4n) is 1.56. The summed E-state index contributed by atoms with van der Waals surface area (Å²) in [6, 6.07) is 4.01. The largest absolute Gasteiger partial charge is 0.573 e. The summed E-state index contributed by atoms with van der Waals surface area (Å²) in [5.41, 5.74) is 0.657. The molecular weight excluding hydrogens is 277 g/mol. The fourth-order valence-corrected chi connectivity index (χ4v) is 1.56. The summed E-state index contributed by atoms with van der Waals surface area (Å²) in [4.78, 5) is 11.2. The Kier molecular flexibility index (Phi) is 5.66. The topological polar surface area (TPSA) is 44.8 Å². The number of carbonyl (C=O) groups excluding carboxylic acids is 1. The van der Waals surface area contributed by atoms with E-state index in [2.05, 4.69) is 4.74 Å². The van der Waals surface area contributed by atoms with Crippen molar-refractivity contribution in [3.63, 3.8) is 0 Å². The summed E-state index contributed by atoms with van der Waals surface area (Å²) in [6.07, 6.45) is -4.28. The third-order valence-corrected chi connectivity index (χ3v) is 2.38. The number of aryl methyl sites for hydroxylation is 1. The lowest BCUT2D eigenvalue weighted by molar-refractivity contribution is -0.275. The lowest BCUT2D eigenvalue weighted by Gasteiger charge is -2.13. The Balaban J connectivity index is 2.74. The van der Waals surface area contributed by atoms with Crippen molar-refractivity contribution in [2.45, 2.75) is 26.1 Å². The number of esters is 1. The predicted molar refractivity (Wildman–Crippen MR) is 64.6 cm³/mol. The molecule has 20 heavy (non-hydrogen) atoms. The van der Waals surface area contributed by atoms with Gasteiger partial charge in [-0.15, -0.1) is 13.2 Å². The third-order valence-electron chi connectivity index (χ3n) is 2.38. The van der Waals surface area contributed by atoms with E-state index in [0.717, 1.165) is 6.07 Å². The lowest BCUT2D eigenvalue weighted by Crippen LogP contribution is -2.17. The Morgan fingerprint density at radius 2 is 1.95 bits per heavy atom. The molecule has 0 saturated carbocycles. The number of hydrogen-bond donors (Lipinski definition) is 0. The van der Waals surface area contributed by atoms with E-state index in [4.69, 9.17) is 9.47 Å². The van der Waals surface area contributed by atoms with Gasteiger partial charge in [0.2, 0.25) is 0 Å². The first-order chi connectivity index (χ1) is 9.35. The monoisotopic (exact) mass is 292 g/mol. The second-order valence-electron chi connectivity index (χ2n) is 3.84. The molecule has 112 valence electrons. The van der Waals surface area contributed by atoms with Gasteiger partial charge in [-0.2, -0.15) is 0 Å². The van der Waals surface area contributed by atoms with Crippen molar-refractivity contribution < 1.29 is 32.2 Å². The minimum atomic E-state index is -4.78. The van der Waals surface area contributed by atoms with Gasteiger partial charge in [0.05, 0.1) is 13.7 Å². The number of ether oxygens (including phenoxy) is 3. The molecule has 0 N–H and O–H groups in total. The Labute approximate surface area is 114 Å². The van der Waals surface area contributed by atoms with Crippen molar-refractivity contribution in [1.82, 2.24) is 0 Å². The van der Waals surface area contributed by atoms with Crippen molar-refractivity contribution in [2.24, 2.45) is 0 Å². The standard InChI is InChI=1S/C13H15F3O4/c1-3-19-12(17)7-5-9-4-6-10(11(8-9)18-2)20-13(14,15)16/h4,6,8H,3,5,7H2,1-2H3. The van der Waals surface area contributed by atoms with Gasteiger partial charge in [0, 0.05) is 6.42 Å². The Bertz CT molecular complexity index is 457. The molecule has 0 aliphatic heterocycles. The number of hydrogen-bond acceptors (Lipinski definition) is 4. The summed E-state index contributed by atoms with van der Waals surface area (Å²) in [5, 5.41) is 0. The van der Waals surface area contributed by atoms with Crippen LogP contribution in [0.2, 0.25) is 0 Å². The highest BCUT2D eigenvalue weighted by Gasteiger charge is 2.32. The van der Waals surface area contributed by atoms with Gasteiger partial charge in [0.1, 0.15) is 0 Å². The van der Waals surface area contributed by atoms with E-state index in [1.165, 1.54) is 19.2 Å². The van der Waals surface area contributed by atoms with Crippen molar-refractivity contribution in [1.29, 1.82) is 0 Å². The Hall–Kier alpha value is -1.92. The first-order valence-corrected chi connectivity index (χ1v) is 5.94. The van der Waals surface area contributed by atoms with Crippen LogP contribution in [-0.2, 0) is 16.0 Å². The van der Waals surface area contributed by atoms with Crippen LogP contribution < -0.4 is 9.47 Å². The predicted octanol–water partition coefficient (Wildman–Crippen LogP) is 3.09. The number of benzene rings is 1. The van der Waals surface area contributed by atoms with Gasteiger partial charge in [-0.3, -0.25) is 4.79 Å². The molecule has 0 bridgehead atoms. The van der Waals surface area contributed by atoms with E-state index in [1.54, 1.807) is 6.92 Å². The van der Waals surface area contributed by atoms with Gasteiger partial charge in [0.15, 0.2) is 11.5 Å². The lowest BCUT2D eigenvalue weighted by atomic mass is 10.1. The van der Waals surface area contributed by atoms with Gasteiger partial charge < -0.3 is 14.2 Å². The number of methoxy groups -OCH3 is 1. The summed E-state index contributed by atoms with van der Waals surface area (Å²) in [6.45, 7) is 1.99. The van der Waals surface area contributed by atoms with Crippen LogP contribution in [0.1, 0.15) is 18.9 Å². The molecule has 0 amide bonds. The van der Waals surface area contributed by atoms with Crippen LogP contribution in [-0.4, -0.2) is 26.0 Å². The summed E-state index contributed by atoms with van der Waals surface area (Å²) < 4.78 is 49.9. The van der Waals surface area contributed by atoms with Gasteiger partial charge in [-0.1, -0.05) is 6.07 Å². The van der Waals surface area contributed by atoms with E-state index in [9.17, 15) is 18.0 Å². The highest BCUT2D eigenvalue weighted by molar-refractivity contribution is 5.69. The molecule has 4 nitrogen and oxygen atoms in total. The van der Waals surface area contributed by atoms with Gasteiger partial charge in [-0.05, 0) is 31.0 Å². The number of halogens is 3. The molecule has 1 aromatic rings. The van der Waals surface area contributed by atoms with Crippen LogP contribution in [0.5, 0.6) is 11.5 Å².